The molecule has 0 aliphatic carbocycles. The van der Waals surface area contributed by atoms with E-state index in [1.807, 2.05) is 29.8 Å². The fourth-order valence-corrected chi connectivity index (χ4v) is 2.47. The summed E-state index contributed by atoms with van der Waals surface area (Å²) >= 11 is 0. The van der Waals surface area contributed by atoms with Crippen LogP contribution in [0.15, 0.2) is 36.7 Å². The summed E-state index contributed by atoms with van der Waals surface area (Å²) in [4.78, 5) is 4.27. The van der Waals surface area contributed by atoms with Gasteiger partial charge in [-0.15, -0.1) is 0 Å². The molecule has 0 aliphatic rings. The second-order valence-electron chi connectivity index (χ2n) is 4.40. The molecule has 0 fully saturated rings. The van der Waals surface area contributed by atoms with E-state index in [0.29, 0.717) is 12.2 Å². The molecule has 2 N–H and O–H groups in total. The smallest absolute Gasteiger partial charge is 0.229 e. The fraction of sp³-hybridized carbons (Fsp3) is 0.308. The van der Waals surface area contributed by atoms with Crippen molar-refractivity contribution in [2.75, 3.05) is 16.3 Å². The van der Waals surface area contributed by atoms with Gasteiger partial charge in [-0.2, -0.15) is 0 Å². The molecule has 0 saturated carbocycles. The van der Waals surface area contributed by atoms with E-state index >= 15 is 0 Å². The summed E-state index contributed by atoms with van der Waals surface area (Å²) in [5.41, 5.74) is 1.26. The maximum absolute atomic E-state index is 11.3. The Morgan fingerprint density at radius 3 is 2.60 bits per heavy atom. The molecule has 1 aromatic carbocycles. The monoisotopic (exact) mass is 294 g/mol. The lowest BCUT2D eigenvalue weighted by Gasteiger charge is -2.13. The standard InChI is InChI=1S/C13H18N4O2S/c1-3-17-9-8-14-13(17)10-15-11-6-4-5-7-12(11)16-20(2,18)19/h4-9,15-16H,3,10H2,1-2H3. The van der Waals surface area contributed by atoms with Crippen molar-refractivity contribution in [2.45, 2.75) is 20.0 Å². The molecule has 6 nitrogen and oxygen atoms in total. The summed E-state index contributed by atoms with van der Waals surface area (Å²) < 4.78 is 27.2. The molecule has 0 bridgehead atoms. The van der Waals surface area contributed by atoms with Crippen LogP contribution in [0.3, 0.4) is 0 Å². The van der Waals surface area contributed by atoms with E-state index in [9.17, 15) is 8.42 Å². The third kappa shape index (κ3) is 3.74. The van der Waals surface area contributed by atoms with Crippen LogP contribution in [0.1, 0.15) is 12.7 Å². The van der Waals surface area contributed by atoms with Crippen LogP contribution in [0.25, 0.3) is 0 Å². The van der Waals surface area contributed by atoms with Gasteiger partial charge in [-0.25, -0.2) is 13.4 Å². The highest BCUT2D eigenvalue weighted by molar-refractivity contribution is 7.92. The quantitative estimate of drug-likeness (QED) is 0.853. The highest BCUT2D eigenvalue weighted by Crippen LogP contribution is 2.22. The van der Waals surface area contributed by atoms with Gasteiger partial charge in [-0.3, -0.25) is 4.72 Å². The van der Waals surface area contributed by atoms with Crippen LogP contribution in [0.2, 0.25) is 0 Å². The summed E-state index contributed by atoms with van der Waals surface area (Å²) in [5.74, 6) is 0.904. The van der Waals surface area contributed by atoms with Crippen LogP contribution in [0.5, 0.6) is 0 Å². The summed E-state index contributed by atoms with van der Waals surface area (Å²) in [6.07, 6.45) is 4.80. The molecule has 1 aromatic heterocycles. The Bertz CT molecular complexity index is 679. The van der Waals surface area contributed by atoms with Crippen molar-refractivity contribution < 1.29 is 8.42 Å². The number of hydrogen-bond donors (Lipinski definition) is 2. The number of sulfonamides is 1. The van der Waals surface area contributed by atoms with Crippen LogP contribution < -0.4 is 10.0 Å². The van der Waals surface area contributed by atoms with Gasteiger partial charge < -0.3 is 9.88 Å². The second kappa shape index (κ2) is 5.96. The molecule has 0 radical (unpaired) electrons. The third-order valence-electron chi connectivity index (χ3n) is 2.80. The van der Waals surface area contributed by atoms with Gasteiger partial charge in [0.15, 0.2) is 0 Å². The number of benzene rings is 1. The lowest BCUT2D eigenvalue weighted by Crippen LogP contribution is -2.13. The number of nitrogens with zero attached hydrogens (tertiary/aromatic N) is 2. The molecule has 1 heterocycles. The Labute approximate surface area is 118 Å². The first-order chi connectivity index (χ1) is 9.49. The molecule has 2 rings (SSSR count). The number of imidazole rings is 1. The molecule has 108 valence electrons. The topological polar surface area (TPSA) is 76.0 Å². The predicted molar refractivity (Wildman–Crippen MR) is 80.1 cm³/mol. The number of hydrogen-bond acceptors (Lipinski definition) is 4. The highest BCUT2D eigenvalue weighted by Gasteiger charge is 2.07. The van der Waals surface area contributed by atoms with E-state index in [1.54, 1.807) is 18.3 Å². The Morgan fingerprint density at radius 2 is 1.95 bits per heavy atom. The maximum Gasteiger partial charge on any atom is 0.229 e. The fourth-order valence-electron chi connectivity index (χ4n) is 1.90. The van der Waals surface area contributed by atoms with Gasteiger partial charge in [0.1, 0.15) is 5.82 Å². The predicted octanol–water partition coefficient (Wildman–Crippen LogP) is 1.89. The SMILES string of the molecule is CCn1ccnc1CNc1ccccc1NS(C)(=O)=O. The van der Waals surface area contributed by atoms with E-state index in [1.165, 1.54) is 0 Å². The second-order valence-corrected chi connectivity index (χ2v) is 6.15. The number of aromatic nitrogens is 2. The average Bonchev–Trinajstić information content (AvgIpc) is 2.83. The summed E-state index contributed by atoms with van der Waals surface area (Å²) in [6.45, 7) is 3.42. The number of rotatable bonds is 6. The molecule has 2 aromatic rings. The van der Waals surface area contributed by atoms with Gasteiger partial charge in [-0.1, -0.05) is 12.1 Å². The molecule has 0 atom stereocenters. The largest absolute Gasteiger partial charge is 0.376 e. The first-order valence-electron chi connectivity index (χ1n) is 6.30. The Balaban J connectivity index is 2.14. The van der Waals surface area contributed by atoms with Gasteiger partial charge >= 0.3 is 0 Å². The molecule has 0 saturated heterocycles. The molecule has 0 unspecified atom stereocenters. The van der Waals surface area contributed by atoms with Gasteiger partial charge in [0.05, 0.1) is 24.2 Å². The Morgan fingerprint density at radius 1 is 1.25 bits per heavy atom. The minimum absolute atomic E-state index is 0.531. The van der Waals surface area contributed by atoms with E-state index in [-0.39, 0.29) is 0 Å². The molecule has 7 heteroatoms. The van der Waals surface area contributed by atoms with Crippen molar-refractivity contribution in [1.82, 2.24) is 9.55 Å². The van der Waals surface area contributed by atoms with Gasteiger partial charge in [0, 0.05) is 18.9 Å². The van der Waals surface area contributed by atoms with Crippen molar-refractivity contribution in [2.24, 2.45) is 0 Å². The van der Waals surface area contributed by atoms with Crippen LogP contribution >= 0.6 is 0 Å². The summed E-state index contributed by atoms with van der Waals surface area (Å²) in [7, 11) is -3.30. The van der Waals surface area contributed by atoms with Crippen molar-refractivity contribution in [3.8, 4) is 0 Å². The first kappa shape index (κ1) is 14.4. The van der Waals surface area contributed by atoms with Crippen molar-refractivity contribution in [3.05, 3.63) is 42.5 Å². The minimum atomic E-state index is -3.30. The van der Waals surface area contributed by atoms with Gasteiger partial charge in [0.25, 0.3) is 0 Å². The summed E-state index contributed by atoms with van der Waals surface area (Å²) in [5, 5.41) is 3.20. The zero-order valence-corrected chi connectivity index (χ0v) is 12.3. The Kier molecular flexibility index (Phi) is 4.29. The van der Waals surface area contributed by atoms with E-state index < -0.39 is 10.0 Å². The van der Waals surface area contributed by atoms with E-state index in [4.69, 9.17) is 0 Å². The minimum Gasteiger partial charge on any atom is -0.376 e. The van der Waals surface area contributed by atoms with Gasteiger partial charge in [-0.05, 0) is 19.1 Å². The zero-order chi connectivity index (χ0) is 14.6. The van der Waals surface area contributed by atoms with Crippen LogP contribution in [-0.4, -0.2) is 24.2 Å². The average molecular weight is 294 g/mol. The number of nitrogens with one attached hydrogen (secondary N) is 2. The highest BCUT2D eigenvalue weighted by atomic mass is 32.2. The number of aryl methyl sites for hydroxylation is 1. The van der Waals surface area contributed by atoms with Gasteiger partial charge in [0.2, 0.25) is 10.0 Å². The lowest BCUT2D eigenvalue weighted by atomic mass is 10.2. The number of para-hydroxylation sites is 2. The third-order valence-corrected chi connectivity index (χ3v) is 3.39. The van der Waals surface area contributed by atoms with Crippen LogP contribution in [0, 0.1) is 0 Å². The van der Waals surface area contributed by atoms with Crippen LogP contribution in [0.4, 0.5) is 11.4 Å². The van der Waals surface area contributed by atoms with Crippen molar-refractivity contribution in [1.29, 1.82) is 0 Å². The molecule has 0 aliphatic heterocycles. The number of anilines is 2. The molecule has 0 amide bonds. The van der Waals surface area contributed by atoms with E-state index in [0.717, 1.165) is 24.3 Å². The lowest BCUT2D eigenvalue weighted by molar-refractivity contribution is 0.607. The Hall–Kier alpha value is -2.02. The molecular weight excluding hydrogens is 276 g/mol. The van der Waals surface area contributed by atoms with E-state index in [2.05, 4.69) is 15.0 Å². The molecule has 20 heavy (non-hydrogen) atoms. The summed E-state index contributed by atoms with van der Waals surface area (Å²) in [6, 6.07) is 7.18. The van der Waals surface area contributed by atoms with Crippen LogP contribution in [-0.2, 0) is 23.1 Å². The first-order valence-corrected chi connectivity index (χ1v) is 8.19. The molecule has 0 spiro atoms. The zero-order valence-electron chi connectivity index (χ0n) is 11.5. The van der Waals surface area contributed by atoms with Crippen molar-refractivity contribution >= 4 is 21.4 Å². The maximum atomic E-state index is 11.3. The van der Waals surface area contributed by atoms with Crippen molar-refractivity contribution in [3.63, 3.8) is 0 Å². The molecular formula is C13H18N4O2S. The normalized spacial score (nSPS) is 11.3.